The monoisotopic (exact) mass is 378 g/mol. The van der Waals surface area contributed by atoms with E-state index in [4.69, 9.17) is 4.74 Å². The molecule has 1 amide bonds. The molecule has 0 unspecified atom stereocenters. The number of hydrogen-bond acceptors (Lipinski definition) is 3. The molecule has 4 rings (SSSR count). The van der Waals surface area contributed by atoms with Gasteiger partial charge >= 0.3 is 0 Å². The largest absolute Gasteiger partial charge is 0.497 e. The first-order valence-electron chi connectivity index (χ1n) is 10.5. The summed E-state index contributed by atoms with van der Waals surface area (Å²) in [5.74, 6) is 0.897. The number of fused-ring (bicyclic) bond motifs is 1. The molecule has 0 aromatic heterocycles. The number of amides is 1. The van der Waals surface area contributed by atoms with E-state index in [1.807, 2.05) is 18.2 Å². The third-order valence-corrected chi connectivity index (χ3v) is 6.15. The molecule has 1 fully saturated rings. The Morgan fingerprint density at radius 2 is 1.75 bits per heavy atom. The number of ether oxygens (including phenoxy) is 1. The third-order valence-electron chi connectivity index (χ3n) is 6.15. The predicted molar refractivity (Wildman–Crippen MR) is 112 cm³/mol. The van der Waals surface area contributed by atoms with Gasteiger partial charge in [0.25, 0.3) is 5.91 Å². The zero-order chi connectivity index (χ0) is 19.3. The van der Waals surface area contributed by atoms with Crippen LogP contribution in [0.4, 0.5) is 0 Å². The van der Waals surface area contributed by atoms with Crippen LogP contribution in [0.2, 0.25) is 0 Å². The van der Waals surface area contributed by atoms with Gasteiger partial charge in [-0.1, -0.05) is 24.6 Å². The van der Waals surface area contributed by atoms with Crippen LogP contribution in [0, 0.1) is 0 Å². The van der Waals surface area contributed by atoms with Crippen molar-refractivity contribution in [1.82, 2.24) is 10.2 Å². The number of hydrogen-bond donors (Lipinski definition) is 1. The summed E-state index contributed by atoms with van der Waals surface area (Å²) in [6.07, 6.45) is 7.20. The average Bonchev–Trinajstić information content (AvgIpc) is 3.23. The third kappa shape index (κ3) is 4.22. The minimum absolute atomic E-state index is 0.0326. The van der Waals surface area contributed by atoms with Crippen molar-refractivity contribution in [2.24, 2.45) is 0 Å². The first-order valence-corrected chi connectivity index (χ1v) is 10.5. The first-order chi connectivity index (χ1) is 13.7. The molecule has 28 heavy (non-hydrogen) atoms. The van der Waals surface area contributed by atoms with Gasteiger partial charge in [0.15, 0.2) is 0 Å². The Morgan fingerprint density at radius 3 is 2.50 bits per heavy atom. The summed E-state index contributed by atoms with van der Waals surface area (Å²) in [6, 6.07) is 14.7. The molecule has 0 radical (unpaired) electrons. The maximum atomic E-state index is 12.8. The Balaban J connectivity index is 1.47. The van der Waals surface area contributed by atoms with E-state index >= 15 is 0 Å². The van der Waals surface area contributed by atoms with Gasteiger partial charge in [0.1, 0.15) is 5.75 Å². The molecule has 0 saturated carbocycles. The average molecular weight is 379 g/mol. The summed E-state index contributed by atoms with van der Waals surface area (Å²) in [6.45, 7) is 2.80. The van der Waals surface area contributed by atoms with Crippen LogP contribution in [0.5, 0.6) is 5.75 Å². The van der Waals surface area contributed by atoms with E-state index in [0.717, 1.165) is 37.2 Å². The fourth-order valence-corrected chi connectivity index (χ4v) is 4.52. The zero-order valence-corrected chi connectivity index (χ0v) is 16.7. The molecule has 1 heterocycles. The van der Waals surface area contributed by atoms with Gasteiger partial charge in [0.2, 0.25) is 0 Å². The molecule has 4 nitrogen and oxygen atoms in total. The van der Waals surface area contributed by atoms with Crippen molar-refractivity contribution in [1.29, 1.82) is 0 Å². The number of aryl methyl sites for hydroxylation is 2. The number of nitrogens with one attached hydrogen (secondary N) is 1. The summed E-state index contributed by atoms with van der Waals surface area (Å²) in [7, 11) is 1.69. The van der Waals surface area contributed by atoms with Gasteiger partial charge in [-0.15, -0.1) is 0 Å². The second-order valence-electron chi connectivity index (χ2n) is 7.93. The van der Waals surface area contributed by atoms with Crippen LogP contribution in [0.1, 0.15) is 58.8 Å². The summed E-state index contributed by atoms with van der Waals surface area (Å²) in [5.41, 5.74) is 4.76. The summed E-state index contributed by atoms with van der Waals surface area (Å²) in [4.78, 5) is 15.3. The molecule has 2 aliphatic rings. The molecule has 2 aromatic rings. The molecule has 1 aliphatic heterocycles. The van der Waals surface area contributed by atoms with Crippen molar-refractivity contribution in [3.05, 3.63) is 64.7 Å². The number of carbonyl (C=O) groups excluding carboxylic acids is 1. The van der Waals surface area contributed by atoms with Crippen molar-refractivity contribution >= 4 is 5.91 Å². The topological polar surface area (TPSA) is 41.6 Å². The van der Waals surface area contributed by atoms with Gasteiger partial charge < -0.3 is 10.1 Å². The number of carbonyl (C=O) groups is 1. The fourth-order valence-electron chi connectivity index (χ4n) is 4.52. The van der Waals surface area contributed by atoms with Crippen LogP contribution < -0.4 is 10.1 Å². The number of benzene rings is 2. The van der Waals surface area contributed by atoms with E-state index in [-0.39, 0.29) is 11.9 Å². The lowest BCUT2D eigenvalue weighted by atomic mass is 10.0. The molecule has 0 bridgehead atoms. The van der Waals surface area contributed by atoms with E-state index in [0.29, 0.717) is 6.54 Å². The highest BCUT2D eigenvalue weighted by atomic mass is 16.5. The van der Waals surface area contributed by atoms with E-state index in [9.17, 15) is 4.79 Å². The number of methoxy groups -OCH3 is 1. The number of rotatable bonds is 6. The fraction of sp³-hybridized carbons (Fsp3) is 0.458. The molecule has 148 valence electrons. The van der Waals surface area contributed by atoms with Crippen LogP contribution in [0.15, 0.2) is 42.5 Å². The van der Waals surface area contributed by atoms with Crippen LogP contribution in [-0.2, 0) is 12.8 Å². The van der Waals surface area contributed by atoms with E-state index in [2.05, 4.69) is 34.5 Å². The normalized spacial score (nSPS) is 17.8. The smallest absolute Gasteiger partial charge is 0.251 e. The lowest BCUT2D eigenvalue weighted by Crippen LogP contribution is -2.40. The van der Waals surface area contributed by atoms with Crippen molar-refractivity contribution < 1.29 is 9.53 Å². The molecule has 4 heteroatoms. The number of likely N-dealkylation sites (tertiary alicyclic amines) is 1. The second kappa shape index (κ2) is 8.78. The Kier molecular flexibility index (Phi) is 5.96. The maximum absolute atomic E-state index is 12.8. The summed E-state index contributed by atoms with van der Waals surface area (Å²) < 4.78 is 5.30. The van der Waals surface area contributed by atoms with Crippen LogP contribution in [0.25, 0.3) is 0 Å². The van der Waals surface area contributed by atoms with Crippen molar-refractivity contribution in [2.75, 3.05) is 26.7 Å². The molecule has 2 aromatic carbocycles. The number of nitrogens with zero attached hydrogens (tertiary/aromatic N) is 1. The van der Waals surface area contributed by atoms with Crippen LogP contribution >= 0.6 is 0 Å². The van der Waals surface area contributed by atoms with E-state index in [1.165, 1.54) is 42.4 Å². The predicted octanol–water partition coefficient (Wildman–Crippen LogP) is 4.14. The van der Waals surface area contributed by atoms with Crippen molar-refractivity contribution in [3.63, 3.8) is 0 Å². The highest BCUT2D eigenvalue weighted by Gasteiger charge is 2.23. The Morgan fingerprint density at radius 1 is 1.00 bits per heavy atom. The van der Waals surface area contributed by atoms with Crippen LogP contribution in [0.3, 0.4) is 0 Å². The lowest BCUT2D eigenvalue weighted by Gasteiger charge is -2.35. The highest BCUT2D eigenvalue weighted by Crippen LogP contribution is 2.26. The van der Waals surface area contributed by atoms with Gasteiger partial charge in [-0.2, -0.15) is 0 Å². The van der Waals surface area contributed by atoms with Gasteiger partial charge in [0, 0.05) is 12.1 Å². The second-order valence-corrected chi connectivity index (χ2v) is 7.93. The zero-order valence-electron chi connectivity index (χ0n) is 16.7. The maximum Gasteiger partial charge on any atom is 0.251 e. The molecule has 1 aliphatic carbocycles. The minimum atomic E-state index is 0.0326. The van der Waals surface area contributed by atoms with Gasteiger partial charge in [-0.25, -0.2) is 0 Å². The highest BCUT2D eigenvalue weighted by molar-refractivity contribution is 5.94. The molecular formula is C24H30N2O2. The Bertz CT molecular complexity index is 810. The summed E-state index contributed by atoms with van der Waals surface area (Å²) in [5, 5.41) is 3.20. The molecule has 1 N–H and O–H groups in total. The lowest BCUT2D eigenvalue weighted by molar-refractivity contribution is 0.0924. The quantitative estimate of drug-likeness (QED) is 0.821. The Labute approximate surface area is 167 Å². The van der Waals surface area contributed by atoms with Crippen molar-refractivity contribution in [2.45, 2.75) is 44.6 Å². The first kappa shape index (κ1) is 19.0. The standard InChI is InChI=1S/C24H30N2O2/c1-28-22-12-10-19(11-13-22)23(26-14-3-2-4-15-26)17-25-24(27)21-9-8-18-6-5-7-20(18)16-21/h8-13,16,23H,2-7,14-15,17H2,1H3,(H,25,27)/t23-/m0/s1. The Hall–Kier alpha value is -2.33. The minimum Gasteiger partial charge on any atom is -0.497 e. The van der Waals surface area contributed by atoms with Gasteiger partial charge in [0.05, 0.1) is 13.2 Å². The molecule has 1 atom stereocenters. The SMILES string of the molecule is COc1ccc([C@H](CNC(=O)c2ccc3c(c2)CCC3)N2CCCCC2)cc1. The molecular weight excluding hydrogens is 348 g/mol. The van der Waals surface area contributed by atoms with E-state index in [1.54, 1.807) is 7.11 Å². The van der Waals surface area contributed by atoms with Gasteiger partial charge in [-0.05, 0) is 86.1 Å². The number of piperidine rings is 1. The van der Waals surface area contributed by atoms with Gasteiger partial charge in [-0.3, -0.25) is 9.69 Å². The van der Waals surface area contributed by atoms with Crippen molar-refractivity contribution in [3.8, 4) is 5.75 Å². The summed E-state index contributed by atoms with van der Waals surface area (Å²) >= 11 is 0. The molecule has 1 saturated heterocycles. The van der Waals surface area contributed by atoms with Crippen LogP contribution in [-0.4, -0.2) is 37.6 Å². The molecule has 0 spiro atoms. The van der Waals surface area contributed by atoms with E-state index < -0.39 is 0 Å².